The van der Waals surface area contributed by atoms with Crippen molar-refractivity contribution >= 4 is 5.91 Å². The first-order valence-corrected chi connectivity index (χ1v) is 5.02. The lowest BCUT2D eigenvalue weighted by atomic mass is 10.1. The smallest absolute Gasteiger partial charge is 0.367 e. The molecule has 3 nitrogen and oxygen atoms in total. The van der Waals surface area contributed by atoms with Crippen LogP contribution < -0.4 is 0 Å². The van der Waals surface area contributed by atoms with Gasteiger partial charge in [-0.1, -0.05) is 6.58 Å². The summed E-state index contributed by atoms with van der Waals surface area (Å²) in [4.78, 5) is 12.7. The zero-order valence-corrected chi connectivity index (χ0v) is 8.79. The SMILES string of the molecule is C=CC(=O)N1CCCC(OCC(F)(F)F)C1. The van der Waals surface area contributed by atoms with E-state index in [1.807, 2.05) is 0 Å². The van der Waals surface area contributed by atoms with E-state index in [0.29, 0.717) is 19.4 Å². The second-order valence-electron chi connectivity index (χ2n) is 3.68. The lowest BCUT2D eigenvalue weighted by molar-refractivity contribution is -0.189. The molecule has 0 bridgehead atoms. The summed E-state index contributed by atoms with van der Waals surface area (Å²) in [6, 6.07) is 0. The van der Waals surface area contributed by atoms with E-state index >= 15 is 0 Å². The van der Waals surface area contributed by atoms with Crippen molar-refractivity contribution < 1.29 is 22.7 Å². The quantitative estimate of drug-likeness (QED) is 0.700. The zero-order chi connectivity index (χ0) is 12.2. The van der Waals surface area contributed by atoms with Crippen LogP contribution in [0.15, 0.2) is 12.7 Å². The molecule has 1 rings (SSSR count). The minimum atomic E-state index is -4.31. The first-order chi connectivity index (χ1) is 7.42. The van der Waals surface area contributed by atoms with Crippen LogP contribution in [0, 0.1) is 0 Å². The summed E-state index contributed by atoms with van der Waals surface area (Å²) in [5.41, 5.74) is 0. The molecular formula is C10H14F3NO2. The molecule has 1 aliphatic rings. The van der Waals surface area contributed by atoms with Crippen molar-refractivity contribution in [2.45, 2.75) is 25.1 Å². The van der Waals surface area contributed by atoms with E-state index in [9.17, 15) is 18.0 Å². The minimum Gasteiger partial charge on any atom is -0.367 e. The Morgan fingerprint density at radius 1 is 1.56 bits per heavy atom. The number of alkyl halides is 3. The Bertz CT molecular complexity index is 265. The number of halogens is 3. The number of piperidine rings is 1. The normalized spacial score (nSPS) is 21.9. The Labute approximate surface area is 91.9 Å². The van der Waals surface area contributed by atoms with Gasteiger partial charge in [0.1, 0.15) is 6.61 Å². The number of hydrogen-bond acceptors (Lipinski definition) is 2. The topological polar surface area (TPSA) is 29.5 Å². The molecule has 0 aromatic rings. The molecule has 1 unspecified atom stereocenters. The first-order valence-electron chi connectivity index (χ1n) is 5.02. The average Bonchev–Trinajstić information content (AvgIpc) is 2.25. The van der Waals surface area contributed by atoms with Crippen molar-refractivity contribution in [3.8, 4) is 0 Å². The Balaban J connectivity index is 2.39. The van der Waals surface area contributed by atoms with Gasteiger partial charge < -0.3 is 9.64 Å². The first kappa shape index (κ1) is 13.0. The van der Waals surface area contributed by atoms with Gasteiger partial charge in [-0.3, -0.25) is 4.79 Å². The van der Waals surface area contributed by atoms with Crippen LogP contribution in [0.4, 0.5) is 13.2 Å². The summed E-state index contributed by atoms with van der Waals surface area (Å²) in [6.45, 7) is 2.84. The maximum absolute atomic E-state index is 11.9. The van der Waals surface area contributed by atoms with Gasteiger partial charge in [0.15, 0.2) is 0 Å². The molecule has 6 heteroatoms. The van der Waals surface area contributed by atoms with Crippen LogP contribution >= 0.6 is 0 Å². The predicted octanol–water partition coefficient (Wildman–Crippen LogP) is 1.74. The van der Waals surface area contributed by atoms with Crippen LogP contribution in [0.1, 0.15) is 12.8 Å². The van der Waals surface area contributed by atoms with Crippen LogP contribution in [0.5, 0.6) is 0 Å². The van der Waals surface area contributed by atoms with Gasteiger partial charge in [-0.05, 0) is 18.9 Å². The minimum absolute atomic E-state index is 0.209. The molecule has 1 heterocycles. The van der Waals surface area contributed by atoms with Crippen molar-refractivity contribution in [2.75, 3.05) is 19.7 Å². The lowest BCUT2D eigenvalue weighted by Crippen LogP contribution is -2.43. The standard InChI is InChI=1S/C10H14F3NO2/c1-2-9(15)14-5-3-4-8(6-14)16-7-10(11,12)13/h2,8H,1,3-7H2. The van der Waals surface area contributed by atoms with E-state index in [4.69, 9.17) is 4.74 Å². The van der Waals surface area contributed by atoms with Gasteiger partial charge >= 0.3 is 6.18 Å². The van der Waals surface area contributed by atoms with E-state index in [1.54, 1.807) is 0 Å². The number of carbonyl (C=O) groups is 1. The molecule has 0 spiro atoms. The Hall–Kier alpha value is -1.04. The van der Waals surface area contributed by atoms with Crippen LogP contribution in [-0.2, 0) is 9.53 Å². The summed E-state index contributed by atoms with van der Waals surface area (Å²) in [6.07, 6.45) is -2.48. The summed E-state index contributed by atoms with van der Waals surface area (Å²) < 4.78 is 40.5. The maximum Gasteiger partial charge on any atom is 0.411 e. The Morgan fingerprint density at radius 3 is 2.81 bits per heavy atom. The van der Waals surface area contributed by atoms with Crippen LogP contribution in [0.25, 0.3) is 0 Å². The van der Waals surface area contributed by atoms with Crippen molar-refractivity contribution in [1.82, 2.24) is 4.90 Å². The van der Waals surface area contributed by atoms with Gasteiger partial charge in [0, 0.05) is 13.1 Å². The molecule has 0 saturated carbocycles. The summed E-state index contributed by atoms with van der Waals surface area (Å²) in [5.74, 6) is -0.264. The molecule has 1 atom stereocenters. The highest BCUT2D eigenvalue weighted by Gasteiger charge is 2.31. The predicted molar refractivity (Wildman–Crippen MR) is 51.8 cm³/mol. The summed E-state index contributed by atoms with van der Waals surface area (Å²) >= 11 is 0. The monoisotopic (exact) mass is 237 g/mol. The third-order valence-corrected chi connectivity index (χ3v) is 2.35. The lowest BCUT2D eigenvalue weighted by Gasteiger charge is -2.32. The summed E-state index contributed by atoms with van der Waals surface area (Å²) in [5, 5.41) is 0. The fourth-order valence-electron chi connectivity index (χ4n) is 1.62. The molecule has 16 heavy (non-hydrogen) atoms. The molecule has 0 aliphatic carbocycles. The largest absolute Gasteiger partial charge is 0.411 e. The van der Waals surface area contributed by atoms with Crippen molar-refractivity contribution in [2.24, 2.45) is 0 Å². The van der Waals surface area contributed by atoms with Crippen LogP contribution in [-0.4, -0.2) is 42.8 Å². The zero-order valence-electron chi connectivity index (χ0n) is 8.79. The molecule has 0 aromatic carbocycles. The molecule has 92 valence electrons. The number of ether oxygens (including phenoxy) is 1. The van der Waals surface area contributed by atoms with E-state index in [2.05, 4.69) is 6.58 Å². The molecule has 0 radical (unpaired) electrons. The molecule has 1 amide bonds. The van der Waals surface area contributed by atoms with Crippen LogP contribution in [0.2, 0.25) is 0 Å². The number of amides is 1. The van der Waals surface area contributed by atoms with Gasteiger partial charge in [0.2, 0.25) is 5.91 Å². The van der Waals surface area contributed by atoms with Gasteiger partial charge in [-0.2, -0.15) is 13.2 Å². The average molecular weight is 237 g/mol. The number of rotatable bonds is 3. The molecule has 1 aliphatic heterocycles. The number of likely N-dealkylation sites (tertiary alicyclic amines) is 1. The molecule has 0 aromatic heterocycles. The van der Waals surface area contributed by atoms with Crippen molar-refractivity contribution in [1.29, 1.82) is 0 Å². The van der Waals surface area contributed by atoms with E-state index < -0.39 is 18.9 Å². The third-order valence-electron chi connectivity index (χ3n) is 2.35. The molecule has 0 N–H and O–H groups in total. The maximum atomic E-state index is 11.9. The van der Waals surface area contributed by atoms with Crippen molar-refractivity contribution in [3.05, 3.63) is 12.7 Å². The molecule has 1 fully saturated rings. The fraction of sp³-hybridized carbons (Fsp3) is 0.700. The highest BCUT2D eigenvalue weighted by molar-refractivity contribution is 5.87. The number of carbonyl (C=O) groups excluding carboxylic acids is 1. The third kappa shape index (κ3) is 4.22. The van der Waals surface area contributed by atoms with Gasteiger partial charge in [0.25, 0.3) is 0 Å². The molecular weight excluding hydrogens is 223 g/mol. The molecule has 1 saturated heterocycles. The van der Waals surface area contributed by atoms with E-state index in [1.165, 1.54) is 4.90 Å². The highest BCUT2D eigenvalue weighted by atomic mass is 19.4. The van der Waals surface area contributed by atoms with Gasteiger partial charge in [-0.25, -0.2) is 0 Å². The Morgan fingerprint density at radius 2 is 2.25 bits per heavy atom. The second kappa shape index (κ2) is 5.34. The number of hydrogen-bond donors (Lipinski definition) is 0. The van der Waals surface area contributed by atoms with E-state index in [0.717, 1.165) is 6.08 Å². The fourth-order valence-corrected chi connectivity index (χ4v) is 1.62. The van der Waals surface area contributed by atoms with Crippen molar-refractivity contribution in [3.63, 3.8) is 0 Å². The Kier molecular flexibility index (Phi) is 4.35. The summed E-state index contributed by atoms with van der Waals surface area (Å²) in [7, 11) is 0. The number of nitrogens with zero attached hydrogens (tertiary/aromatic N) is 1. The van der Waals surface area contributed by atoms with Gasteiger partial charge in [0.05, 0.1) is 6.10 Å². The van der Waals surface area contributed by atoms with Crippen LogP contribution in [0.3, 0.4) is 0 Å². The van der Waals surface area contributed by atoms with Gasteiger partial charge in [-0.15, -0.1) is 0 Å². The van der Waals surface area contributed by atoms with E-state index in [-0.39, 0.29) is 12.5 Å². The highest BCUT2D eigenvalue weighted by Crippen LogP contribution is 2.19. The second-order valence-corrected chi connectivity index (χ2v) is 3.68.